The quantitative estimate of drug-likeness (QED) is 0.512. The Hall–Kier alpha value is 0.170. The van der Waals surface area contributed by atoms with Gasteiger partial charge in [-0.15, -0.1) is 11.6 Å². The first-order valence-electron chi connectivity index (χ1n) is 4.38. The number of rotatable bonds is 0. The van der Waals surface area contributed by atoms with Crippen molar-refractivity contribution in [3.63, 3.8) is 0 Å². The van der Waals surface area contributed by atoms with Crippen LogP contribution >= 0.6 is 11.6 Å². The second-order valence-corrected chi connectivity index (χ2v) is 5.36. The van der Waals surface area contributed by atoms with Crippen LogP contribution in [-0.4, -0.2) is 37.5 Å². The average Bonchev–Trinajstić information content (AvgIpc) is 1.77. The van der Waals surface area contributed by atoms with Crippen LogP contribution in [0.2, 0.25) is 0 Å². The fourth-order valence-electron chi connectivity index (χ4n) is 2.45. The second-order valence-electron chi connectivity index (χ2n) is 4.93. The van der Waals surface area contributed by atoms with E-state index >= 15 is 0 Å². The Kier molecular flexibility index (Phi) is 2.45. The summed E-state index contributed by atoms with van der Waals surface area (Å²) < 4.78 is 0. The van der Waals surface area contributed by atoms with Crippen molar-refractivity contribution >= 4 is 11.6 Å². The molecule has 0 heterocycles. The van der Waals surface area contributed by atoms with Gasteiger partial charge in [-0.05, 0) is 20.8 Å². The first kappa shape index (κ1) is 11.2. The first-order chi connectivity index (χ1) is 5.57. The molecule has 0 aromatic heterocycles. The van der Waals surface area contributed by atoms with Crippen LogP contribution in [0.3, 0.4) is 0 Å². The monoisotopic (exact) mass is 208 g/mol. The summed E-state index contributed by atoms with van der Waals surface area (Å²) in [4.78, 5) is 0. The molecule has 0 spiro atoms. The topological polar surface area (TPSA) is 60.7 Å². The summed E-state index contributed by atoms with van der Waals surface area (Å²) in [6.07, 6.45) is 0.370. The SMILES string of the molecule is CC1(O)CC(C)(O)C(Cl)C(C)(O)C1. The zero-order chi connectivity index (χ0) is 10.5. The van der Waals surface area contributed by atoms with E-state index in [0.29, 0.717) is 0 Å². The molecule has 0 aliphatic heterocycles. The fraction of sp³-hybridized carbons (Fsp3) is 1.00. The van der Waals surface area contributed by atoms with E-state index in [-0.39, 0.29) is 12.8 Å². The molecule has 0 bridgehead atoms. The molecule has 0 aromatic carbocycles. The molecule has 0 aromatic rings. The Labute approximate surface area is 83.3 Å². The zero-order valence-corrected chi connectivity index (χ0v) is 8.97. The highest BCUT2D eigenvalue weighted by molar-refractivity contribution is 6.22. The molecular formula is C9H17ClO3. The molecule has 1 fully saturated rings. The molecular weight excluding hydrogens is 192 g/mol. The highest BCUT2D eigenvalue weighted by atomic mass is 35.5. The Morgan fingerprint density at radius 2 is 1.31 bits per heavy atom. The van der Waals surface area contributed by atoms with Gasteiger partial charge in [0.15, 0.2) is 0 Å². The highest BCUT2D eigenvalue weighted by Crippen LogP contribution is 2.43. The minimum atomic E-state index is -1.23. The minimum absolute atomic E-state index is 0.185. The number of hydrogen-bond donors (Lipinski definition) is 3. The van der Waals surface area contributed by atoms with Crippen molar-refractivity contribution < 1.29 is 15.3 Å². The van der Waals surface area contributed by atoms with Crippen molar-refractivity contribution in [1.29, 1.82) is 0 Å². The lowest BCUT2D eigenvalue weighted by atomic mass is 9.69. The van der Waals surface area contributed by atoms with Crippen LogP contribution < -0.4 is 0 Å². The molecule has 3 nitrogen and oxygen atoms in total. The zero-order valence-electron chi connectivity index (χ0n) is 8.21. The average molecular weight is 209 g/mol. The molecule has 0 radical (unpaired) electrons. The molecule has 13 heavy (non-hydrogen) atoms. The van der Waals surface area contributed by atoms with Gasteiger partial charge in [0.25, 0.3) is 0 Å². The second kappa shape index (κ2) is 2.83. The van der Waals surface area contributed by atoms with Gasteiger partial charge in [0.2, 0.25) is 0 Å². The Morgan fingerprint density at radius 3 is 1.62 bits per heavy atom. The molecule has 78 valence electrons. The van der Waals surface area contributed by atoms with Crippen molar-refractivity contribution in [3.05, 3.63) is 0 Å². The molecule has 2 atom stereocenters. The van der Waals surface area contributed by atoms with Crippen molar-refractivity contribution in [2.75, 3.05) is 0 Å². The summed E-state index contributed by atoms with van der Waals surface area (Å²) in [6, 6.07) is 0. The van der Waals surface area contributed by atoms with Crippen LogP contribution in [-0.2, 0) is 0 Å². The van der Waals surface area contributed by atoms with Crippen LogP contribution in [0, 0.1) is 0 Å². The molecule has 2 unspecified atom stereocenters. The van der Waals surface area contributed by atoms with Gasteiger partial charge in [0.1, 0.15) is 0 Å². The minimum Gasteiger partial charge on any atom is -0.390 e. The van der Waals surface area contributed by atoms with E-state index in [1.807, 2.05) is 0 Å². The lowest BCUT2D eigenvalue weighted by Crippen LogP contribution is -2.61. The maximum Gasteiger partial charge on any atom is 0.0906 e. The summed E-state index contributed by atoms with van der Waals surface area (Å²) in [5.41, 5.74) is -3.52. The molecule has 1 aliphatic rings. The smallest absolute Gasteiger partial charge is 0.0906 e. The molecule has 4 heteroatoms. The van der Waals surface area contributed by atoms with Crippen molar-refractivity contribution in [3.8, 4) is 0 Å². The van der Waals surface area contributed by atoms with Crippen molar-refractivity contribution in [1.82, 2.24) is 0 Å². The van der Waals surface area contributed by atoms with Gasteiger partial charge in [-0.25, -0.2) is 0 Å². The van der Waals surface area contributed by atoms with E-state index in [0.717, 1.165) is 0 Å². The standard InChI is InChI=1S/C9H17ClO3/c1-7(11)4-8(2,12)6(10)9(3,13)5-7/h6,11-13H,4-5H2,1-3H3. The van der Waals surface area contributed by atoms with Gasteiger partial charge in [-0.2, -0.15) is 0 Å². The van der Waals surface area contributed by atoms with Gasteiger partial charge in [-0.1, -0.05) is 0 Å². The predicted molar refractivity (Wildman–Crippen MR) is 50.7 cm³/mol. The van der Waals surface area contributed by atoms with E-state index in [4.69, 9.17) is 11.6 Å². The molecule has 0 amide bonds. The molecule has 1 rings (SSSR count). The maximum absolute atomic E-state index is 9.86. The Morgan fingerprint density at radius 1 is 1.00 bits per heavy atom. The van der Waals surface area contributed by atoms with Crippen LogP contribution in [0.5, 0.6) is 0 Å². The van der Waals surface area contributed by atoms with Crippen molar-refractivity contribution in [2.24, 2.45) is 0 Å². The summed E-state index contributed by atoms with van der Waals surface area (Å²) in [5, 5.41) is 28.8. The normalized spacial score (nSPS) is 57.9. The van der Waals surface area contributed by atoms with E-state index in [1.165, 1.54) is 13.8 Å². The number of halogens is 1. The highest BCUT2D eigenvalue weighted by Gasteiger charge is 2.53. The van der Waals surface area contributed by atoms with Gasteiger partial charge in [-0.3, -0.25) is 0 Å². The van der Waals surface area contributed by atoms with E-state index < -0.39 is 22.2 Å². The van der Waals surface area contributed by atoms with Crippen LogP contribution in [0.1, 0.15) is 33.6 Å². The summed E-state index contributed by atoms with van der Waals surface area (Å²) >= 11 is 5.92. The van der Waals surface area contributed by atoms with Crippen molar-refractivity contribution in [2.45, 2.75) is 55.8 Å². The van der Waals surface area contributed by atoms with E-state index in [2.05, 4.69) is 0 Å². The summed E-state index contributed by atoms with van der Waals surface area (Å²) in [6.45, 7) is 4.66. The van der Waals surface area contributed by atoms with Crippen LogP contribution in [0.25, 0.3) is 0 Å². The van der Waals surface area contributed by atoms with Gasteiger partial charge in [0, 0.05) is 12.8 Å². The number of hydrogen-bond acceptors (Lipinski definition) is 3. The third-order valence-corrected chi connectivity index (χ3v) is 3.51. The number of alkyl halides is 1. The lowest BCUT2D eigenvalue weighted by Gasteiger charge is -2.49. The van der Waals surface area contributed by atoms with Gasteiger partial charge >= 0.3 is 0 Å². The molecule has 3 N–H and O–H groups in total. The van der Waals surface area contributed by atoms with Crippen LogP contribution in [0.4, 0.5) is 0 Å². The van der Waals surface area contributed by atoms with Crippen LogP contribution in [0.15, 0.2) is 0 Å². The lowest BCUT2D eigenvalue weighted by molar-refractivity contribution is -0.155. The third-order valence-electron chi connectivity index (χ3n) is 2.57. The Bertz CT molecular complexity index is 191. The number of aliphatic hydroxyl groups is 3. The molecule has 1 saturated carbocycles. The molecule has 1 aliphatic carbocycles. The van der Waals surface area contributed by atoms with Gasteiger partial charge < -0.3 is 15.3 Å². The van der Waals surface area contributed by atoms with E-state index in [1.54, 1.807) is 6.92 Å². The van der Waals surface area contributed by atoms with E-state index in [9.17, 15) is 15.3 Å². The third kappa shape index (κ3) is 2.15. The Balaban J connectivity index is 2.96. The summed E-state index contributed by atoms with van der Waals surface area (Å²) in [7, 11) is 0. The predicted octanol–water partition coefficient (Wildman–Crippen LogP) is 0.641. The molecule has 0 saturated heterocycles. The fourth-order valence-corrected chi connectivity index (χ4v) is 2.61. The first-order valence-corrected chi connectivity index (χ1v) is 4.82. The summed E-state index contributed by atoms with van der Waals surface area (Å²) in [5.74, 6) is 0. The largest absolute Gasteiger partial charge is 0.390 e. The van der Waals surface area contributed by atoms with Gasteiger partial charge in [0.05, 0.1) is 22.2 Å². The maximum atomic E-state index is 9.86.